The zero-order valence-electron chi connectivity index (χ0n) is 9.09. The third kappa shape index (κ3) is 5.11. The first-order valence-electron chi connectivity index (χ1n) is 5.19. The van der Waals surface area contributed by atoms with Crippen molar-refractivity contribution in [3.63, 3.8) is 0 Å². The van der Waals surface area contributed by atoms with E-state index in [1.54, 1.807) is 12.4 Å². The molecule has 1 rings (SSSR count). The molecule has 5 heteroatoms. The average Bonchev–Trinajstić information content (AvgIpc) is 2.24. The Hall–Kier alpha value is -1.10. The van der Waals surface area contributed by atoms with Crippen molar-refractivity contribution in [1.29, 1.82) is 0 Å². The highest BCUT2D eigenvalue weighted by Gasteiger charge is 2.25. The van der Waals surface area contributed by atoms with Gasteiger partial charge in [0.05, 0.1) is 0 Å². The van der Waals surface area contributed by atoms with E-state index in [-0.39, 0.29) is 12.5 Å². The summed E-state index contributed by atoms with van der Waals surface area (Å²) in [6, 6.07) is 3.75. The van der Waals surface area contributed by atoms with Gasteiger partial charge in [-0.15, -0.1) is 0 Å². The summed E-state index contributed by atoms with van der Waals surface area (Å²) in [5, 5.41) is 3.04. The van der Waals surface area contributed by atoms with Crippen LogP contribution in [0.15, 0.2) is 24.5 Å². The third-order valence-corrected chi connectivity index (χ3v) is 2.29. The standard InChI is InChI=1S/C11H15F3N2/c1-9(10-3-7-15-8-4-10)16-6-2-5-11(12,13)14/h3-4,7-9,16H,2,5-6H2,1H3/t9-/m1/s1. The summed E-state index contributed by atoms with van der Waals surface area (Å²) >= 11 is 0. The van der Waals surface area contributed by atoms with E-state index in [0.29, 0.717) is 6.54 Å². The molecule has 0 spiro atoms. The first kappa shape index (κ1) is 13.0. The average molecular weight is 232 g/mol. The Balaban J connectivity index is 2.24. The van der Waals surface area contributed by atoms with Crippen molar-refractivity contribution < 1.29 is 13.2 Å². The van der Waals surface area contributed by atoms with Crippen LogP contribution in [0.1, 0.15) is 31.4 Å². The fraction of sp³-hybridized carbons (Fsp3) is 0.545. The van der Waals surface area contributed by atoms with Gasteiger partial charge in [0.25, 0.3) is 0 Å². The highest BCUT2D eigenvalue weighted by atomic mass is 19.4. The fourth-order valence-electron chi connectivity index (χ4n) is 1.38. The van der Waals surface area contributed by atoms with Gasteiger partial charge in [0, 0.05) is 24.9 Å². The zero-order chi connectivity index (χ0) is 12.0. The van der Waals surface area contributed by atoms with Gasteiger partial charge in [0.15, 0.2) is 0 Å². The lowest BCUT2D eigenvalue weighted by Gasteiger charge is -2.14. The Labute approximate surface area is 92.9 Å². The quantitative estimate of drug-likeness (QED) is 0.789. The molecule has 0 saturated heterocycles. The lowest BCUT2D eigenvalue weighted by Crippen LogP contribution is -2.21. The predicted octanol–water partition coefficient (Wildman–Crippen LogP) is 3.07. The van der Waals surface area contributed by atoms with Gasteiger partial charge in [-0.2, -0.15) is 13.2 Å². The Kier molecular flexibility index (Phi) is 4.73. The molecule has 0 aliphatic heterocycles. The first-order valence-corrected chi connectivity index (χ1v) is 5.19. The molecule has 0 aliphatic carbocycles. The largest absolute Gasteiger partial charge is 0.389 e. The van der Waals surface area contributed by atoms with Gasteiger partial charge in [-0.25, -0.2) is 0 Å². The predicted molar refractivity (Wildman–Crippen MR) is 55.9 cm³/mol. The molecule has 1 aromatic heterocycles. The lowest BCUT2D eigenvalue weighted by molar-refractivity contribution is -0.135. The molecule has 0 bridgehead atoms. The van der Waals surface area contributed by atoms with Crippen LogP contribution in [0.4, 0.5) is 13.2 Å². The minimum Gasteiger partial charge on any atom is -0.310 e. The Bertz CT molecular complexity index is 298. The van der Waals surface area contributed by atoms with E-state index in [2.05, 4.69) is 10.3 Å². The molecule has 1 heterocycles. The number of hydrogen-bond acceptors (Lipinski definition) is 2. The van der Waals surface area contributed by atoms with E-state index < -0.39 is 12.6 Å². The molecule has 0 saturated carbocycles. The van der Waals surface area contributed by atoms with Gasteiger partial charge < -0.3 is 5.32 Å². The number of nitrogens with one attached hydrogen (secondary N) is 1. The van der Waals surface area contributed by atoms with Crippen LogP contribution in [-0.4, -0.2) is 17.7 Å². The van der Waals surface area contributed by atoms with Gasteiger partial charge in [-0.3, -0.25) is 4.98 Å². The van der Waals surface area contributed by atoms with Crippen LogP contribution < -0.4 is 5.32 Å². The molecule has 0 fully saturated rings. The van der Waals surface area contributed by atoms with Gasteiger partial charge in [0.2, 0.25) is 0 Å². The summed E-state index contributed by atoms with van der Waals surface area (Å²) in [6.45, 7) is 2.28. The normalized spacial score (nSPS) is 13.8. The Morgan fingerprint density at radius 2 is 1.94 bits per heavy atom. The number of halogens is 3. The Morgan fingerprint density at radius 1 is 1.31 bits per heavy atom. The number of rotatable bonds is 5. The van der Waals surface area contributed by atoms with E-state index in [1.807, 2.05) is 19.1 Å². The number of aromatic nitrogens is 1. The summed E-state index contributed by atoms with van der Waals surface area (Å²) in [5.41, 5.74) is 1.03. The molecule has 90 valence electrons. The molecule has 1 aromatic rings. The van der Waals surface area contributed by atoms with Crippen LogP contribution in [-0.2, 0) is 0 Å². The third-order valence-electron chi connectivity index (χ3n) is 2.29. The molecular weight excluding hydrogens is 217 g/mol. The molecule has 0 aromatic carbocycles. The lowest BCUT2D eigenvalue weighted by atomic mass is 10.1. The fourth-order valence-corrected chi connectivity index (χ4v) is 1.38. The van der Waals surface area contributed by atoms with Crippen molar-refractivity contribution in [2.75, 3.05) is 6.54 Å². The van der Waals surface area contributed by atoms with Crippen molar-refractivity contribution in [1.82, 2.24) is 10.3 Å². The molecule has 1 N–H and O–H groups in total. The van der Waals surface area contributed by atoms with Crippen LogP contribution in [0.2, 0.25) is 0 Å². The maximum Gasteiger partial charge on any atom is 0.389 e. The first-order chi connectivity index (χ1) is 7.49. The highest BCUT2D eigenvalue weighted by molar-refractivity contribution is 5.13. The van der Waals surface area contributed by atoms with E-state index in [1.165, 1.54) is 0 Å². The summed E-state index contributed by atoms with van der Waals surface area (Å²) in [6.07, 6.45) is -1.34. The van der Waals surface area contributed by atoms with Crippen LogP contribution in [0.25, 0.3) is 0 Å². The topological polar surface area (TPSA) is 24.9 Å². The van der Waals surface area contributed by atoms with Gasteiger partial charge in [-0.1, -0.05) is 0 Å². The SMILES string of the molecule is C[C@@H](NCCCC(F)(F)F)c1ccncc1. The summed E-state index contributed by atoms with van der Waals surface area (Å²) in [5.74, 6) is 0. The van der Waals surface area contributed by atoms with E-state index in [4.69, 9.17) is 0 Å². The molecule has 16 heavy (non-hydrogen) atoms. The molecular formula is C11H15F3N2. The number of alkyl halides is 3. The van der Waals surface area contributed by atoms with Crippen LogP contribution >= 0.6 is 0 Å². The zero-order valence-corrected chi connectivity index (χ0v) is 9.09. The molecule has 0 unspecified atom stereocenters. The summed E-state index contributed by atoms with van der Waals surface area (Å²) in [7, 11) is 0. The number of nitrogens with zero attached hydrogens (tertiary/aromatic N) is 1. The molecule has 1 atom stereocenters. The molecule has 0 radical (unpaired) electrons. The van der Waals surface area contributed by atoms with Crippen LogP contribution in [0, 0.1) is 0 Å². The smallest absolute Gasteiger partial charge is 0.310 e. The minimum atomic E-state index is -4.05. The highest BCUT2D eigenvalue weighted by Crippen LogP contribution is 2.21. The van der Waals surface area contributed by atoms with Crippen molar-refractivity contribution in [2.24, 2.45) is 0 Å². The monoisotopic (exact) mass is 232 g/mol. The van der Waals surface area contributed by atoms with E-state index in [9.17, 15) is 13.2 Å². The van der Waals surface area contributed by atoms with E-state index >= 15 is 0 Å². The second-order valence-corrected chi connectivity index (χ2v) is 3.68. The van der Waals surface area contributed by atoms with Crippen LogP contribution in [0.3, 0.4) is 0 Å². The maximum atomic E-state index is 11.9. The van der Waals surface area contributed by atoms with Gasteiger partial charge in [-0.05, 0) is 37.6 Å². The minimum absolute atomic E-state index is 0.0521. The van der Waals surface area contributed by atoms with Gasteiger partial charge >= 0.3 is 6.18 Å². The van der Waals surface area contributed by atoms with Crippen molar-refractivity contribution in [2.45, 2.75) is 32.0 Å². The van der Waals surface area contributed by atoms with Crippen LogP contribution in [0.5, 0.6) is 0 Å². The second kappa shape index (κ2) is 5.84. The van der Waals surface area contributed by atoms with E-state index in [0.717, 1.165) is 5.56 Å². The number of hydrogen-bond donors (Lipinski definition) is 1. The maximum absolute atomic E-state index is 11.9. The number of pyridine rings is 1. The summed E-state index contributed by atoms with van der Waals surface area (Å²) < 4.78 is 35.6. The Morgan fingerprint density at radius 3 is 2.50 bits per heavy atom. The van der Waals surface area contributed by atoms with Crippen molar-refractivity contribution in [3.05, 3.63) is 30.1 Å². The van der Waals surface area contributed by atoms with Crippen molar-refractivity contribution in [3.8, 4) is 0 Å². The molecule has 0 amide bonds. The van der Waals surface area contributed by atoms with Gasteiger partial charge in [0.1, 0.15) is 0 Å². The van der Waals surface area contributed by atoms with Crippen molar-refractivity contribution >= 4 is 0 Å². The second-order valence-electron chi connectivity index (χ2n) is 3.68. The molecule has 0 aliphatic rings. The molecule has 2 nitrogen and oxygen atoms in total. The summed E-state index contributed by atoms with van der Waals surface area (Å²) in [4.78, 5) is 3.88.